The van der Waals surface area contributed by atoms with E-state index in [-0.39, 0.29) is 17.5 Å². The van der Waals surface area contributed by atoms with Crippen LogP contribution in [0.1, 0.15) is 66.4 Å². The SMILES string of the molecule is CCCCCN1C(=O)[C@H]([C@H](O)[C](Cc2ccccc2)C(C)(C)C)NC1C(C)C. The van der Waals surface area contributed by atoms with E-state index in [0.29, 0.717) is 12.3 Å². The average molecular weight is 388 g/mol. The van der Waals surface area contributed by atoms with Crippen LogP contribution in [0, 0.1) is 17.3 Å². The van der Waals surface area contributed by atoms with Crippen molar-refractivity contribution in [2.75, 3.05) is 6.54 Å². The molecule has 1 heterocycles. The fraction of sp³-hybridized carbons (Fsp3) is 0.667. The van der Waals surface area contributed by atoms with E-state index < -0.39 is 12.1 Å². The predicted octanol–water partition coefficient (Wildman–Crippen LogP) is 4.18. The highest BCUT2D eigenvalue weighted by molar-refractivity contribution is 5.85. The molecule has 0 aliphatic carbocycles. The van der Waals surface area contributed by atoms with E-state index in [0.717, 1.165) is 37.3 Å². The average Bonchev–Trinajstić information content (AvgIpc) is 2.96. The summed E-state index contributed by atoms with van der Waals surface area (Å²) in [5.74, 6) is 1.34. The lowest BCUT2D eigenvalue weighted by molar-refractivity contribution is -0.132. The lowest BCUT2D eigenvalue weighted by Crippen LogP contribution is -2.49. The van der Waals surface area contributed by atoms with Crippen molar-refractivity contribution in [1.82, 2.24) is 10.2 Å². The van der Waals surface area contributed by atoms with Crippen LogP contribution in [0.2, 0.25) is 0 Å². The van der Waals surface area contributed by atoms with Crippen molar-refractivity contribution in [3.05, 3.63) is 41.8 Å². The van der Waals surface area contributed by atoms with Crippen molar-refractivity contribution in [3.63, 3.8) is 0 Å². The Balaban J connectivity index is 2.20. The summed E-state index contributed by atoms with van der Waals surface area (Å²) in [5, 5.41) is 14.8. The van der Waals surface area contributed by atoms with Gasteiger partial charge in [0, 0.05) is 12.5 Å². The van der Waals surface area contributed by atoms with E-state index >= 15 is 0 Å². The van der Waals surface area contributed by atoms with Crippen LogP contribution in [0.5, 0.6) is 0 Å². The molecule has 28 heavy (non-hydrogen) atoms. The number of rotatable bonds is 9. The summed E-state index contributed by atoms with van der Waals surface area (Å²) in [4.78, 5) is 15.2. The molecule has 1 aliphatic rings. The molecule has 1 aromatic rings. The van der Waals surface area contributed by atoms with Crippen LogP contribution in [0.4, 0.5) is 0 Å². The Morgan fingerprint density at radius 1 is 1.18 bits per heavy atom. The van der Waals surface area contributed by atoms with Gasteiger partial charge in [0.05, 0.1) is 12.3 Å². The number of nitrogens with one attached hydrogen (secondary N) is 1. The second kappa shape index (κ2) is 9.89. The number of aliphatic hydroxyl groups excluding tert-OH is 1. The van der Waals surface area contributed by atoms with Crippen LogP contribution < -0.4 is 5.32 Å². The molecule has 157 valence electrons. The minimum absolute atomic E-state index is 0.0121. The zero-order valence-electron chi connectivity index (χ0n) is 18.5. The third-order valence-electron chi connectivity index (χ3n) is 5.74. The third kappa shape index (κ3) is 5.57. The van der Waals surface area contributed by atoms with Crippen molar-refractivity contribution < 1.29 is 9.90 Å². The summed E-state index contributed by atoms with van der Waals surface area (Å²) in [5.41, 5.74) is 0.970. The quantitative estimate of drug-likeness (QED) is 0.625. The summed E-state index contributed by atoms with van der Waals surface area (Å²) in [6, 6.07) is 9.63. The van der Waals surface area contributed by atoms with Crippen LogP contribution in [-0.4, -0.2) is 40.8 Å². The summed E-state index contributed by atoms with van der Waals surface area (Å²) in [6.07, 6.45) is 3.13. The first-order valence-electron chi connectivity index (χ1n) is 10.8. The van der Waals surface area contributed by atoms with E-state index in [4.69, 9.17) is 0 Å². The maximum Gasteiger partial charge on any atom is 0.243 e. The molecule has 1 radical (unpaired) electrons. The molecule has 0 spiro atoms. The Bertz CT molecular complexity index is 609. The Kier molecular flexibility index (Phi) is 8.08. The summed E-state index contributed by atoms with van der Waals surface area (Å²) < 4.78 is 0. The second-order valence-corrected chi connectivity index (χ2v) is 9.45. The van der Waals surface area contributed by atoms with Crippen molar-refractivity contribution in [3.8, 4) is 0 Å². The molecule has 4 heteroatoms. The fourth-order valence-corrected chi connectivity index (χ4v) is 4.05. The van der Waals surface area contributed by atoms with Crippen LogP contribution >= 0.6 is 0 Å². The number of carbonyl (C=O) groups is 1. The van der Waals surface area contributed by atoms with E-state index in [1.54, 1.807) is 0 Å². The molecule has 4 nitrogen and oxygen atoms in total. The minimum atomic E-state index is -0.801. The van der Waals surface area contributed by atoms with Gasteiger partial charge in [0.1, 0.15) is 6.04 Å². The summed E-state index contributed by atoms with van der Waals surface area (Å²) >= 11 is 0. The first kappa shape index (κ1) is 22.9. The lowest BCUT2D eigenvalue weighted by atomic mass is 9.72. The number of amides is 1. The molecule has 0 saturated carbocycles. The van der Waals surface area contributed by atoms with Gasteiger partial charge in [-0.05, 0) is 29.7 Å². The van der Waals surface area contributed by atoms with Crippen molar-refractivity contribution in [2.45, 2.75) is 85.5 Å². The van der Waals surface area contributed by atoms with Gasteiger partial charge in [0.15, 0.2) is 0 Å². The maximum atomic E-state index is 13.2. The molecular weight excluding hydrogens is 348 g/mol. The van der Waals surface area contributed by atoms with Gasteiger partial charge in [-0.2, -0.15) is 0 Å². The van der Waals surface area contributed by atoms with Crippen molar-refractivity contribution >= 4 is 5.91 Å². The lowest BCUT2D eigenvalue weighted by Gasteiger charge is -2.36. The van der Waals surface area contributed by atoms with Crippen molar-refractivity contribution in [1.29, 1.82) is 0 Å². The molecular formula is C24H39N2O2. The number of nitrogens with zero attached hydrogens (tertiary/aromatic N) is 1. The highest BCUT2D eigenvalue weighted by Crippen LogP contribution is 2.37. The van der Waals surface area contributed by atoms with Gasteiger partial charge in [-0.15, -0.1) is 0 Å². The maximum absolute atomic E-state index is 13.2. The number of carbonyl (C=O) groups excluding carboxylic acids is 1. The topological polar surface area (TPSA) is 52.6 Å². The Labute approximate surface area is 171 Å². The van der Waals surface area contributed by atoms with E-state index in [9.17, 15) is 9.90 Å². The molecule has 3 atom stereocenters. The van der Waals surface area contributed by atoms with Gasteiger partial charge in [0.2, 0.25) is 5.91 Å². The fourth-order valence-electron chi connectivity index (χ4n) is 4.05. The smallest absolute Gasteiger partial charge is 0.243 e. The van der Waals surface area contributed by atoms with Crippen LogP contribution in [0.3, 0.4) is 0 Å². The molecule has 2 N–H and O–H groups in total. The van der Waals surface area contributed by atoms with E-state index in [1.807, 2.05) is 23.1 Å². The normalized spacial score (nSPS) is 21.8. The molecule has 1 saturated heterocycles. The van der Waals surface area contributed by atoms with E-state index in [2.05, 4.69) is 59.0 Å². The first-order chi connectivity index (χ1) is 13.2. The molecule has 0 aromatic heterocycles. The predicted molar refractivity (Wildman–Crippen MR) is 116 cm³/mol. The van der Waals surface area contributed by atoms with Gasteiger partial charge < -0.3 is 10.0 Å². The largest absolute Gasteiger partial charge is 0.390 e. The molecule has 1 fully saturated rings. The Hall–Kier alpha value is -1.39. The standard InChI is InChI=1S/C24H39N2O2/c1-7-8-12-15-26-22(17(2)3)25-20(23(26)28)21(27)19(24(4,5)6)16-18-13-10-9-11-14-18/h9-11,13-14,17,20-22,25,27H,7-8,12,15-16H2,1-6H3/t20-,21+,22?/m0/s1. The van der Waals surface area contributed by atoms with Crippen LogP contribution in [0.25, 0.3) is 0 Å². The second-order valence-electron chi connectivity index (χ2n) is 9.45. The molecule has 1 aromatic carbocycles. The third-order valence-corrected chi connectivity index (χ3v) is 5.74. The highest BCUT2D eigenvalue weighted by atomic mass is 16.3. The number of aliphatic hydroxyl groups is 1. The van der Waals surface area contributed by atoms with Gasteiger partial charge in [-0.1, -0.05) is 84.7 Å². The molecule has 2 rings (SSSR count). The number of unbranched alkanes of at least 4 members (excludes halogenated alkanes) is 2. The minimum Gasteiger partial charge on any atom is -0.390 e. The molecule has 1 unspecified atom stereocenters. The zero-order chi connectivity index (χ0) is 20.9. The van der Waals surface area contributed by atoms with Crippen LogP contribution in [0.15, 0.2) is 30.3 Å². The van der Waals surface area contributed by atoms with Gasteiger partial charge in [-0.25, -0.2) is 0 Å². The number of benzene rings is 1. The molecule has 1 amide bonds. The highest BCUT2D eigenvalue weighted by Gasteiger charge is 2.47. The molecule has 1 aliphatic heterocycles. The van der Waals surface area contributed by atoms with E-state index in [1.165, 1.54) is 0 Å². The summed E-state index contributed by atoms with van der Waals surface area (Å²) in [7, 11) is 0. The van der Waals surface area contributed by atoms with Crippen molar-refractivity contribution in [2.24, 2.45) is 11.3 Å². The Morgan fingerprint density at radius 3 is 2.36 bits per heavy atom. The zero-order valence-corrected chi connectivity index (χ0v) is 18.5. The Morgan fingerprint density at radius 2 is 1.82 bits per heavy atom. The number of hydrogen-bond donors (Lipinski definition) is 2. The van der Waals surface area contributed by atoms with Crippen LogP contribution in [-0.2, 0) is 11.2 Å². The molecule has 0 bridgehead atoms. The first-order valence-corrected chi connectivity index (χ1v) is 10.8. The van der Waals surface area contributed by atoms with Gasteiger partial charge >= 0.3 is 0 Å². The van der Waals surface area contributed by atoms with Gasteiger partial charge in [-0.3, -0.25) is 10.1 Å². The monoisotopic (exact) mass is 387 g/mol. The summed E-state index contributed by atoms with van der Waals surface area (Å²) in [6.45, 7) is 13.5. The number of hydrogen-bond acceptors (Lipinski definition) is 3. The van der Waals surface area contributed by atoms with Gasteiger partial charge in [0.25, 0.3) is 0 Å².